The quantitative estimate of drug-likeness (QED) is 0.234. The summed E-state index contributed by atoms with van der Waals surface area (Å²) in [5.74, 6) is 2.22. The molecule has 4 aliphatic carbocycles. The molecule has 292 valence electrons. The van der Waals surface area contributed by atoms with Crippen molar-refractivity contribution in [1.29, 1.82) is 0 Å². The third-order valence-corrected chi connectivity index (χ3v) is 16.1. The van der Waals surface area contributed by atoms with Crippen molar-refractivity contribution < 1.29 is 59.1 Å². The molecule has 0 aromatic heterocycles. The zero-order valence-electron chi connectivity index (χ0n) is 31.3. The average Bonchev–Trinajstić information content (AvgIpc) is 3.54. The van der Waals surface area contributed by atoms with E-state index in [2.05, 4.69) is 27.7 Å². The van der Waals surface area contributed by atoms with Crippen LogP contribution in [0.5, 0.6) is 0 Å². The van der Waals surface area contributed by atoms with E-state index in [0.29, 0.717) is 41.9 Å². The molecule has 12 heteroatoms. The minimum Gasteiger partial charge on any atom is -0.393 e. The van der Waals surface area contributed by atoms with Gasteiger partial charge in [0.15, 0.2) is 18.4 Å². The maximum atomic E-state index is 11.7. The Hall–Kier alpha value is -0.480. The molecule has 0 radical (unpaired) electrons. The lowest BCUT2D eigenvalue weighted by Crippen LogP contribution is -2.64. The molecule has 1 spiro atoms. The molecule has 4 saturated carbocycles. The van der Waals surface area contributed by atoms with E-state index >= 15 is 0 Å². The van der Waals surface area contributed by atoms with Crippen molar-refractivity contribution in [2.45, 2.75) is 185 Å². The molecule has 6 N–H and O–H groups in total. The largest absolute Gasteiger partial charge is 0.393 e. The predicted octanol–water partition coefficient (Wildman–Crippen LogP) is 2.47. The molecule has 4 aliphatic heterocycles. The van der Waals surface area contributed by atoms with Crippen LogP contribution in [0.2, 0.25) is 0 Å². The minimum absolute atomic E-state index is 0.0575. The van der Waals surface area contributed by atoms with Crippen molar-refractivity contribution in [2.24, 2.45) is 52.3 Å². The fraction of sp³-hybridized carbons (Fsp3) is 1.00. The zero-order valence-corrected chi connectivity index (χ0v) is 31.3. The Morgan fingerprint density at radius 2 is 1.31 bits per heavy atom. The Balaban J connectivity index is 1.04. The summed E-state index contributed by atoms with van der Waals surface area (Å²) in [4.78, 5) is 0. The van der Waals surface area contributed by atoms with Crippen LogP contribution >= 0.6 is 0 Å². The van der Waals surface area contributed by atoms with Crippen LogP contribution in [0.25, 0.3) is 0 Å². The normalized spacial score (nSPS) is 61.4. The summed E-state index contributed by atoms with van der Waals surface area (Å²) in [5, 5.41) is 65.0. The van der Waals surface area contributed by atoms with E-state index in [0.717, 1.165) is 58.0 Å². The van der Waals surface area contributed by atoms with Crippen LogP contribution in [0.1, 0.15) is 99.3 Å². The topological polar surface area (TPSA) is 177 Å². The van der Waals surface area contributed by atoms with Gasteiger partial charge in [0.25, 0.3) is 0 Å². The van der Waals surface area contributed by atoms with Gasteiger partial charge in [-0.05, 0) is 112 Å². The lowest BCUT2D eigenvalue weighted by Gasteiger charge is -2.63. The molecule has 8 rings (SSSR count). The van der Waals surface area contributed by atoms with E-state index in [-0.39, 0.29) is 29.0 Å². The van der Waals surface area contributed by atoms with Crippen molar-refractivity contribution >= 4 is 0 Å². The lowest BCUT2D eigenvalue weighted by molar-refractivity contribution is -0.363. The molecule has 0 aromatic carbocycles. The fourth-order valence-electron chi connectivity index (χ4n) is 13.1. The van der Waals surface area contributed by atoms with Crippen LogP contribution in [0.4, 0.5) is 0 Å². The number of hydrogen-bond acceptors (Lipinski definition) is 12. The van der Waals surface area contributed by atoms with Crippen LogP contribution < -0.4 is 0 Å². The molecule has 4 saturated heterocycles. The number of rotatable bonds is 4. The van der Waals surface area contributed by atoms with Crippen molar-refractivity contribution in [3.8, 4) is 0 Å². The number of aliphatic hydroxyl groups excluding tert-OH is 6. The van der Waals surface area contributed by atoms with Crippen molar-refractivity contribution in [2.75, 3.05) is 6.61 Å². The summed E-state index contributed by atoms with van der Waals surface area (Å²) in [6, 6.07) is 0. The Morgan fingerprint density at radius 1 is 0.627 bits per heavy atom. The highest BCUT2D eigenvalue weighted by Crippen LogP contribution is 2.71. The van der Waals surface area contributed by atoms with Gasteiger partial charge < -0.3 is 59.1 Å². The first-order chi connectivity index (χ1) is 24.1. The van der Waals surface area contributed by atoms with Gasteiger partial charge in [0.1, 0.15) is 36.6 Å². The standard InChI is InChI=1S/C39H64O12/c1-17-7-12-39(46-16-17)18(2)28-27(51-39)15-24-22-14-26(25-13-21(40)8-10-37(25,5)23(22)9-11-38(24,28)6)49-36-33(45)34(30(42)20(4)48-36)50-35-32(44)31(43)29(41)19(3)47-35/h17-36,40-45H,7-16H2,1-6H3/t17-,18-,19-,20+,21-,22?,23?,24?,25?,26-,27?,28?,29-,30+,31+,32+,33+,34-,35-,36-,37+,38-,39+/m0/s1. The second kappa shape index (κ2) is 13.3. The summed E-state index contributed by atoms with van der Waals surface area (Å²) in [6.45, 7) is 13.5. The molecular formula is C39H64O12. The molecule has 6 unspecified atom stereocenters. The zero-order chi connectivity index (χ0) is 36.4. The van der Waals surface area contributed by atoms with E-state index in [1.54, 1.807) is 13.8 Å². The number of fused-ring (bicyclic) bond motifs is 7. The van der Waals surface area contributed by atoms with E-state index in [1.165, 1.54) is 0 Å². The molecule has 4 heterocycles. The average molecular weight is 725 g/mol. The highest BCUT2D eigenvalue weighted by molar-refractivity contribution is 5.16. The number of hydrogen-bond donors (Lipinski definition) is 6. The molecule has 0 bridgehead atoms. The summed E-state index contributed by atoms with van der Waals surface area (Å²) in [5.41, 5.74) is 0.0492. The second-order valence-electron chi connectivity index (χ2n) is 18.8. The Bertz CT molecular complexity index is 1260. The van der Waals surface area contributed by atoms with Crippen LogP contribution in [0.15, 0.2) is 0 Å². The monoisotopic (exact) mass is 724 g/mol. The maximum absolute atomic E-state index is 11.7. The Morgan fingerprint density at radius 3 is 2.02 bits per heavy atom. The van der Waals surface area contributed by atoms with Gasteiger partial charge in [-0.1, -0.05) is 27.7 Å². The van der Waals surface area contributed by atoms with Crippen molar-refractivity contribution in [1.82, 2.24) is 0 Å². The van der Waals surface area contributed by atoms with Gasteiger partial charge in [-0.3, -0.25) is 0 Å². The van der Waals surface area contributed by atoms with Crippen LogP contribution in [-0.4, -0.2) is 123 Å². The number of aliphatic hydroxyl groups is 6. The first kappa shape index (κ1) is 37.4. The molecule has 0 aromatic rings. The van der Waals surface area contributed by atoms with Crippen LogP contribution in [-0.2, 0) is 28.4 Å². The Kier molecular flexibility index (Phi) is 9.79. The van der Waals surface area contributed by atoms with Gasteiger partial charge in [0.05, 0.1) is 37.1 Å². The molecule has 23 atom stereocenters. The van der Waals surface area contributed by atoms with Crippen molar-refractivity contribution in [3.63, 3.8) is 0 Å². The third kappa shape index (κ3) is 5.83. The molecule has 8 fully saturated rings. The first-order valence-corrected chi connectivity index (χ1v) is 20.1. The SMILES string of the molecule is C[C@H]1CC[C@@]2(OC1)OC1CC3C4C[C@H](O[C@@H]5O[C@H](C)[C@@H](O)[C@H](O[C@@H]6O[C@@H](C)[C@H](O)[C@@H](O)[C@H]6O)[C@H]5O)C5C[C@@H](O)CC[C@]5(C)C4CC[C@]3(C)C1[C@@H]2C. The second-order valence-corrected chi connectivity index (χ2v) is 18.8. The molecule has 0 amide bonds. The van der Waals surface area contributed by atoms with Gasteiger partial charge >= 0.3 is 0 Å². The minimum atomic E-state index is -1.59. The third-order valence-electron chi connectivity index (χ3n) is 16.1. The van der Waals surface area contributed by atoms with Gasteiger partial charge in [-0.2, -0.15) is 0 Å². The summed E-state index contributed by atoms with van der Waals surface area (Å²) in [6.07, 6.45) is -4.60. The highest BCUT2D eigenvalue weighted by Gasteiger charge is 2.70. The van der Waals surface area contributed by atoms with Crippen molar-refractivity contribution in [3.05, 3.63) is 0 Å². The van der Waals surface area contributed by atoms with E-state index in [9.17, 15) is 30.6 Å². The van der Waals surface area contributed by atoms with Gasteiger partial charge in [0, 0.05) is 12.3 Å². The molecule has 8 aliphatic rings. The predicted molar refractivity (Wildman–Crippen MR) is 182 cm³/mol. The van der Waals surface area contributed by atoms with E-state index in [4.69, 9.17) is 28.4 Å². The number of ether oxygens (including phenoxy) is 6. The highest BCUT2D eigenvalue weighted by atomic mass is 16.7. The summed E-state index contributed by atoms with van der Waals surface area (Å²) in [7, 11) is 0. The lowest BCUT2D eigenvalue weighted by atomic mass is 9.43. The molecule has 51 heavy (non-hydrogen) atoms. The van der Waals surface area contributed by atoms with Gasteiger partial charge in [-0.25, -0.2) is 0 Å². The fourth-order valence-corrected chi connectivity index (χ4v) is 13.1. The van der Waals surface area contributed by atoms with Crippen LogP contribution in [0.3, 0.4) is 0 Å². The molecular weight excluding hydrogens is 660 g/mol. The van der Waals surface area contributed by atoms with Gasteiger partial charge in [-0.15, -0.1) is 0 Å². The molecule has 12 nitrogen and oxygen atoms in total. The van der Waals surface area contributed by atoms with Crippen LogP contribution in [0, 0.1) is 52.3 Å². The maximum Gasteiger partial charge on any atom is 0.187 e. The summed E-state index contributed by atoms with van der Waals surface area (Å²) >= 11 is 0. The van der Waals surface area contributed by atoms with Gasteiger partial charge in [0.2, 0.25) is 0 Å². The van der Waals surface area contributed by atoms with E-state index in [1.807, 2.05) is 0 Å². The summed E-state index contributed by atoms with van der Waals surface area (Å²) < 4.78 is 38.2. The Labute approximate surface area is 302 Å². The smallest absolute Gasteiger partial charge is 0.187 e. The first-order valence-electron chi connectivity index (χ1n) is 20.1. The van der Waals surface area contributed by atoms with E-state index < -0.39 is 73.3 Å².